The molecule has 2 N–H and O–H groups in total. The lowest BCUT2D eigenvalue weighted by molar-refractivity contribution is -0.113. The number of benzene rings is 2. The Bertz CT molecular complexity index is 1090. The molecule has 0 saturated heterocycles. The molecule has 0 aliphatic heterocycles. The Kier molecular flexibility index (Phi) is 6.71. The monoisotopic (exact) mass is 411 g/mol. The molecule has 0 aliphatic rings. The molecule has 0 fully saturated rings. The summed E-state index contributed by atoms with van der Waals surface area (Å²) in [6.45, 7) is 6.31. The highest BCUT2D eigenvalue weighted by molar-refractivity contribution is 7.99. The molecule has 1 amide bonds. The summed E-state index contributed by atoms with van der Waals surface area (Å²) in [5.74, 6) is -0.0161. The second-order valence-corrected chi connectivity index (χ2v) is 8.00. The molecule has 2 aromatic carbocycles. The number of anilines is 1. The van der Waals surface area contributed by atoms with Gasteiger partial charge in [0.25, 0.3) is 5.56 Å². The maximum Gasteiger partial charge on any atom is 0.262 e. The van der Waals surface area contributed by atoms with Crippen molar-refractivity contribution in [3.8, 4) is 0 Å². The van der Waals surface area contributed by atoms with Gasteiger partial charge >= 0.3 is 0 Å². The van der Waals surface area contributed by atoms with Gasteiger partial charge in [-0.15, -0.1) is 0 Å². The number of fused-ring (bicyclic) bond motifs is 1. The van der Waals surface area contributed by atoms with Crippen molar-refractivity contribution in [3.63, 3.8) is 0 Å². The van der Waals surface area contributed by atoms with E-state index < -0.39 is 0 Å². The first-order chi connectivity index (χ1) is 13.9. The average Bonchev–Trinajstić information content (AvgIpc) is 2.68. The van der Waals surface area contributed by atoms with Crippen LogP contribution in [0.5, 0.6) is 0 Å². The number of rotatable bonds is 7. The van der Waals surface area contributed by atoms with Gasteiger partial charge in [0.2, 0.25) is 5.91 Å². The van der Waals surface area contributed by atoms with E-state index >= 15 is 0 Å². The number of nitrogens with one attached hydrogen (secondary N) is 1. The lowest BCUT2D eigenvalue weighted by Gasteiger charge is -2.14. The third-order valence-electron chi connectivity index (χ3n) is 4.64. The minimum atomic E-state index is -0.155. The zero-order valence-electron chi connectivity index (χ0n) is 16.9. The summed E-state index contributed by atoms with van der Waals surface area (Å²) < 4.78 is 1.54. The van der Waals surface area contributed by atoms with E-state index in [1.54, 1.807) is 22.8 Å². The fraction of sp³-hybridized carbons (Fsp3) is 0.318. The summed E-state index contributed by atoms with van der Waals surface area (Å²) in [7, 11) is 0. The van der Waals surface area contributed by atoms with Crippen molar-refractivity contribution in [2.45, 2.75) is 38.9 Å². The van der Waals surface area contributed by atoms with Crippen molar-refractivity contribution in [2.24, 2.45) is 0 Å². The van der Waals surface area contributed by atoms with Crippen LogP contribution < -0.4 is 10.9 Å². The summed E-state index contributed by atoms with van der Waals surface area (Å²) in [6.07, 6.45) is 0.446. The van der Waals surface area contributed by atoms with Gasteiger partial charge in [0.1, 0.15) is 0 Å². The molecule has 0 bridgehead atoms. The number of carbonyl (C=O) groups is 1. The van der Waals surface area contributed by atoms with Crippen LogP contribution in [0.4, 0.5) is 5.69 Å². The molecule has 3 aromatic rings. The Labute approximate surface area is 174 Å². The van der Waals surface area contributed by atoms with Crippen molar-refractivity contribution < 1.29 is 9.90 Å². The highest BCUT2D eigenvalue weighted by Crippen LogP contribution is 2.23. The second-order valence-electron chi connectivity index (χ2n) is 7.06. The molecule has 1 heterocycles. The van der Waals surface area contributed by atoms with Gasteiger partial charge in [-0.2, -0.15) is 0 Å². The summed E-state index contributed by atoms with van der Waals surface area (Å²) in [4.78, 5) is 30.0. The number of thioether (sulfide) groups is 1. The van der Waals surface area contributed by atoms with Crippen LogP contribution in [-0.4, -0.2) is 32.9 Å². The van der Waals surface area contributed by atoms with Crippen LogP contribution in [0.25, 0.3) is 10.9 Å². The molecule has 0 atom stereocenters. The molecule has 0 aliphatic carbocycles. The number of aliphatic hydroxyl groups excluding tert-OH is 1. The smallest absolute Gasteiger partial charge is 0.262 e. The summed E-state index contributed by atoms with van der Waals surface area (Å²) in [5, 5.41) is 13.2. The molecular formula is C22H25N3O3S. The van der Waals surface area contributed by atoms with Gasteiger partial charge < -0.3 is 10.4 Å². The maximum absolute atomic E-state index is 12.8. The topological polar surface area (TPSA) is 84.2 Å². The molecule has 3 rings (SSSR count). The SMILES string of the molecule is Cc1cc(C)c(NC(=O)CSc2nc3ccccc3c(=O)n2CCCO)c(C)c1. The lowest BCUT2D eigenvalue weighted by Crippen LogP contribution is -2.25. The second kappa shape index (κ2) is 9.24. The molecule has 6 nitrogen and oxygen atoms in total. The van der Waals surface area contributed by atoms with Crippen molar-refractivity contribution in [1.82, 2.24) is 9.55 Å². The average molecular weight is 412 g/mol. The number of aryl methyl sites for hydroxylation is 3. The minimum absolute atomic E-state index is 0.0180. The first-order valence-electron chi connectivity index (χ1n) is 9.51. The first kappa shape index (κ1) is 21.1. The number of hydrogen-bond donors (Lipinski definition) is 2. The van der Waals surface area contributed by atoms with Crippen LogP contribution in [0.15, 0.2) is 46.3 Å². The molecule has 1 aromatic heterocycles. The number of amides is 1. The third-order valence-corrected chi connectivity index (χ3v) is 5.62. The third kappa shape index (κ3) is 4.86. The number of nitrogens with zero attached hydrogens (tertiary/aromatic N) is 2. The van der Waals surface area contributed by atoms with Crippen LogP contribution in [0, 0.1) is 20.8 Å². The van der Waals surface area contributed by atoms with E-state index in [4.69, 9.17) is 5.11 Å². The number of hydrogen-bond acceptors (Lipinski definition) is 5. The Morgan fingerprint density at radius 2 is 1.86 bits per heavy atom. The van der Waals surface area contributed by atoms with Gasteiger partial charge in [-0.25, -0.2) is 4.98 Å². The van der Waals surface area contributed by atoms with E-state index in [9.17, 15) is 9.59 Å². The number of para-hydroxylation sites is 1. The number of aromatic nitrogens is 2. The zero-order valence-corrected chi connectivity index (χ0v) is 17.7. The van der Waals surface area contributed by atoms with Gasteiger partial charge in [-0.1, -0.05) is 41.6 Å². The largest absolute Gasteiger partial charge is 0.396 e. The quantitative estimate of drug-likeness (QED) is 0.460. The van der Waals surface area contributed by atoms with E-state index in [1.807, 2.05) is 39.0 Å². The fourth-order valence-corrected chi connectivity index (χ4v) is 4.19. The summed E-state index contributed by atoms with van der Waals surface area (Å²) in [5.41, 5.74) is 4.46. The highest BCUT2D eigenvalue weighted by Gasteiger charge is 2.14. The molecular weight excluding hydrogens is 386 g/mol. The molecule has 7 heteroatoms. The fourth-order valence-electron chi connectivity index (χ4n) is 3.37. The van der Waals surface area contributed by atoms with Gasteiger partial charge in [-0.05, 0) is 50.5 Å². The number of aliphatic hydroxyl groups is 1. The predicted molar refractivity (Wildman–Crippen MR) is 118 cm³/mol. The van der Waals surface area contributed by atoms with Crippen LogP contribution in [0.1, 0.15) is 23.1 Å². The molecule has 0 saturated carbocycles. The van der Waals surface area contributed by atoms with E-state index in [0.717, 1.165) is 22.4 Å². The molecule has 152 valence electrons. The summed E-state index contributed by atoms with van der Waals surface area (Å²) in [6, 6.07) is 11.2. The maximum atomic E-state index is 12.8. The van der Waals surface area contributed by atoms with Crippen LogP contribution in [0.3, 0.4) is 0 Å². The Morgan fingerprint density at radius 1 is 1.17 bits per heavy atom. The van der Waals surface area contributed by atoms with E-state index in [1.165, 1.54) is 11.8 Å². The molecule has 0 unspecified atom stereocenters. The van der Waals surface area contributed by atoms with E-state index in [2.05, 4.69) is 10.3 Å². The standard InChI is InChI=1S/C22H25N3O3S/c1-14-11-15(2)20(16(3)12-14)24-19(27)13-29-22-23-18-8-5-4-7-17(18)21(28)25(22)9-6-10-26/h4-5,7-8,11-12,26H,6,9-10,13H2,1-3H3,(H,24,27). The van der Waals surface area contributed by atoms with Crippen molar-refractivity contribution in [1.29, 1.82) is 0 Å². The highest BCUT2D eigenvalue weighted by atomic mass is 32.2. The Morgan fingerprint density at radius 3 is 2.55 bits per heavy atom. The Hall–Kier alpha value is -2.64. The van der Waals surface area contributed by atoms with Gasteiger partial charge in [0, 0.05) is 18.8 Å². The normalized spacial score (nSPS) is 11.0. The lowest BCUT2D eigenvalue weighted by atomic mass is 10.1. The molecule has 29 heavy (non-hydrogen) atoms. The first-order valence-corrected chi connectivity index (χ1v) is 10.5. The van der Waals surface area contributed by atoms with E-state index in [0.29, 0.717) is 29.0 Å². The van der Waals surface area contributed by atoms with Crippen LogP contribution >= 0.6 is 11.8 Å². The Balaban J connectivity index is 1.82. The molecule has 0 spiro atoms. The van der Waals surface area contributed by atoms with Gasteiger partial charge in [0.15, 0.2) is 5.16 Å². The van der Waals surface area contributed by atoms with E-state index in [-0.39, 0.29) is 23.8 Å². The molecule has 0 radical (unpaired) electrons. The van der Waals surface area contributed by atoms with Gasteiger partial charge in [-0.3, -0.25) is 14.2 Å². The van der Waals surface area contributed by atoms with Crippen molar-refractivity contribution in [2.75, 3.05) is 17.7 Å². The van der Waals surface area contributed by atoms with Crippen LogP contribution in [-0.2, 0) is 11.3 Å². The zero-order chi connectivity index (χ0) is 21.0. The summed E-state index contributed by atoms with van der Waals surface area (Å²) >= 11 is 1.23. The van der Waals surface area contributed by atoms with Gasteiger partial charge in [0.05, 0.1) is 16.7 Å². The van der Waals surface area contributed by atoms with Crippen molar-refractivity contribution >= 4 is 34.3 Å². The minimum Gasteiger partial charge on any atom is -0.396 e. The number of carbonyl (C=O) groups excluding carboxylic acids is 1. The predicted octanol–water partition coefficient (Wildman–Crippen LogP) is 3.43. The van der Waals surface area contributed by atoms with Crippen LogP contribution in [0.2, 0.25) is 0 Å². The van der Waals surface area contributed by atoms with Crippen molar-refractivity contribution in [3.05, 3.63) is 63.4 Å².